The van der Waals surface area contributed by atoms with Crippen LogP contribution in [0.25, 0.3) is 6.08 Å². The van der Waals surface area contributed by atoms with Crippen molar-refractivity contribution >= 4 is 41.5 Å². The first-order valence-electron chi connectivity index (χ1n) is 10.9. The van der Waals surface area contributed by atoms with E-state index in [4.69, 9.17) is 4.74 Å². The molecule has 0 saturated carbocycles. The summed E-state index contributed by atoms with van der Waals surface area (Å²) >= 11 is 0. The van der Waals surface area contributed by atoms with Gasteiger partial charge in [0.1, 0.15) is 23.5 Å². The highest BCUT2D eigenvalue weighted by molar-refractivity contribution is 6.39. The molecule has 1 aliphatic rings. The minimum absolute atomic E-state index is 0.112. The van der Waals surface area contributed by atoms with Gasteiger partial charge in [-0.25, -0.2) is 19.3 Å². The predicted octanol–water partition coefficient (Wildman–Crippen LogP) is 3.42. The summed E-state index contributed by atoms with van der Waals surface area (Å²) in [6.07, 6.45) is 1.19. The Hall–Kier alpha value is -5.25. The molecule has 4 rings (SSSR count). The Morgan fingerprint density at radius 1 is 0.973 bits per heavy atom. The highest BCUT2D eigenvalue weighted by Crippen LogP contribution is 2.26. The summed E-state index contributed by atoms with van der Waals surface area (Å²) in [6, 6.07) is 17.9. The molecule has 0 unspecified atom stereocenters. The van der Waals surface area contributed by atoms with E-state index in [1.807, 2.05) is 30.3 Å². The van der Waals surface area contributed by atoms with E-state index in [-0.39, 0.29) is 40.3 Å². The molecule has 10 nitrogen and oxygen atoms in total. The number of benzene rings is 3. The molecule has 2 N–H and O–H groups in total. The first-order chi connectivity index (χ1) is 17.8. The van der Waals surface area contributed by atoms with Gasteiger partial charge in [0.15, 0.2) is 0 Å². The molecule has 1 heterocycles. The van der Waals surface area contributed by atoms with Crippen molar-refractivity contribution in [1.82, 2.24) is 5.32 Å². The lowest BCUT2D eigenvalue weighted by Gasteiger charge is -2.26. The van der Waals surface area contributed by atoms with Crippen LogP contribution in [0.2, 0.25) is 0 Å². The number of anilines is 1. The van der Waals surface area contributed by atoms with E-state index in [2.05, 4.69) is 10.1 Å². The fourth-order valence-electron chi connectivity index (χ4n) is 3.59. The first kappa shape index (κ1) is 24.9. The second-order valence-electron chi connectivity index (χ2n) is 7.83. The average Bonchev–Trinajstić information content (AvgIpc) is 2.90. The van der Waals surface area contributed by atoms with Gasteiger partial charge in [-0.2, -0.15) is 0 Å². The number of ether oxygens (including phenoxy) is 2. The van der Waals surface area contributed by atoms with Crippen LogP contribution in [0.1, 0.15) is 31.8 Å². The SMILES string of the molecule is COC(=O)c1ccc(N2C(=O)NC(=O)/C(=C/c3ccc(OCc4ccccc4)c(C(=O)O)c3)C2=O)cc1. The van der Waals surface area contributed by atoms with Crippen molar-refractivity contribution in [3.63, 3.8) is 0 Å². The van der Waals surface area contributed by atoms with Gasteiger partial charge in [-0.05, 0) is 53.6 Å². The standard InChI is InChI=1S/C27H20N2O8/c1-36-26(34)18-8-10-19(11-9-18)29-24(31)21(23(30)28-27(29)35)14-17-7-12-22(20(13-17)25(32)33)37-15-16-5-3-2-4-6-16/h2-14H,15H2,1H3,(H,32,33)(H,28,30,35)/b21-14-. The van der Waals surface area contributed by atoms with Gasteiger partial charge in [-0.1, -0.05) is 36.4 Å². The van der Waals surface area contributed by atoms with Crippen LogP contribution in [0, 0.1) is 0 Å². The number of rotatable bonds is 7. The average molecular weight is 500 g/mol. The van der Waals surface area contributed by atoms with Crippen molar-refractivity contribution in [3.05, 3.63) is 101 Å². The van der Waals surface area contributed by atoms with Gasteiger partial charge in [0.2, 0.25) is 0 Å². The van der Waals surface area contributed by atoms with Crippen molar-refractivity contribution < 1.29 is 38.6 Å². The molecule has 0 aromatic heterocycles. The highest BCUT2D eigenvalue weighted by Gasteiger charge is 2.37. The fraction of sp³-hybridized carbons (Fsp3) is 0.0741. The lowest BCUT2D eigenvalue weighted by molar-refractivity contribution is -0.122. The van der Waals surface area contributed by atoms with Crippen LogP contribution >= 0.6 is 0 Å². The third kappa shape index (κ3) is 5.38. The van der Waals surface area contributed by atoms with Crippen molar-refractivity contribution in [2.45, 2.75) is 6.61 Å². The number of carbonyl (C=O) groups excluding carboxylic acids is 4. The number of aromatic carboxylic acids is 1. The Kier molecular flexibility index (Phi) is 7.10. The number of nitrogens with one attached hydrogen (secondary N) is 1. The number of barbiturate groups is 1. The topological polar surface area (TPSA) is 139 Å². The summed E-state index contributed by atoms with van der Waals surface area (Å²) in [6.45, 7) is 0.147. The van der Waals surface area contributed by atoms with Crippen molar-refractivity contribution in [3.8, 4) is 5.75 Å². The Balaban J connectivity index is 1.62. The maximum Gasteiger partial charge on any atom is 0.339 e. The summed E-state index contributed by atoms with van der Waals surface area (Å²) in [5, 5.41) is 11.8. The molecule has 3 aromatic rings. The number of carboxylic acid groups (broad SMARTS) is 1. The quantitative estimate of drug-likeness (QED) is 0.286. The fourth-order valence-corrected chi connectivity index (χ4v) is 3.59. The molecule has 0 bridgehead atoms. The van der Waals surface area contributed by atoms with Crippen LogP contribution in [0.5, 0.6) is 5.75 Å². The van der Waals surface area contributed by atoms with E-state index >= 15 is 0 Å². The molecule has 186 valence electrons. The number of amides is 4. The van der Waals surface area contributed by atoms with E-state index in [1.165, 1.54) is 55.7 Å². The number of imide groups is 2. The van der Waals surface area contributed by atoms with Crippen LogP contribution in [0.4, 0.5) is 10.5 Å². The second kappa shape index (κ2) is 10.6. The van der Waals surface area contributed by atoms with Gasteiger partial charge in [-0.15, -0.1) is 0 Å². The summed E-state index contributed by atoms with van der Waals surface area (Å²) in [4.78, 5) is 62.3. The molecule has 37 heavy (non-hydrogen) atoms. The molecule has 0 spiro atoms. The summed E-state index contributed by atoms with van der Waals surface area (Å²) in [5.41, 5.74) is 0.853. The molecular weight excluding hydrogens is 480 g/mol. The van der Waals surface area contributed by atoms with Gasteiger partial charge >= 0.3 is 18.0 Å². The lowest BCUT2D eigenvalue weighted by Crippen LogP contribution is -2.54. The number of methoxy groups -OCH3 is 1. The van der Waals surface area contributed by atoms with E-state index in [0.717, 1.165) is 10.5 Å². The van der Waals surface area contributed by atoms with E-state index < -0.39 is 29.8 Å². The molecule has 0 radical (unpaired) electrons. The van der Waals surface area contributed by atoms with E-state index in [9.17, 15) is 29.1 Å². The van der Waals surface area contributed by atoms with Gasteiger partial charge in [0.25, 0.3) is 11.8 Å². The number of hydrogen-bond acceptors (Lipinski definition) is 7. The number of carbonyl (C=O) groups is 5. The number of esters is 1. The first-order valence-corrected chi connectivity index (χ1v) is 10.9. The zero-order valence-corrected chi connectivity index (χ0v) is 19.5. The van der Waals surface area contributed by atoms with E-state index in [0.29, 0.717) is 0 Å². The Labute approximate surface area is 210 Å². The molecule has 0 atom stereocenters. The molecule has 3 aromatic carbocycles. The maximum atomic E-state index is 13.1. The highest BCUT2D eigenvalue weighted by atomic mass is 16.5. The van der Waals surface area contributed by atoms with Gasteiger partial charge in [-0.3, -0.25) is 14.9 Å². The van der Waals surface area contributed by atoms with Gasteiger partial charge in [0, 0.05) is 0 Å². The number of urea groups is 1. The smallest absolute Gasteiger partial charge is 0.339 e. The Morgan fingerprint density at radius 2 is 1.68 bits per heavy atom. The van der Waals surface area contributed by atoms with Crippen molar-refractivity contribution in [2.24, 2.45) is 0 Å². The molecule has 1 fully saturated rings. The zero-order valence-electron chi connectivity index (χ0n) is 19.5. The summed E-state index contributed by atoms with van der Waals surface area (Å²) in [5.74, 6) is -3.59. The summed E-state index contributed by atoms with van der Waals surface area (Å²) < 4.78 is 10.3. The minimum atomic E-state index is -1.26. The Morgan fingerprint density at radius 3 is 2.32 bits per heavy atom. The summed E-state index contributed by atoms with van der Waals surface area (Å²) in [7, 11) is 1.22. The lowest BCUT2D eigenvalue weighted by atomic mass is 10.0. The Bertz CT molecular complexity index is 1430. The van der Waals surface area contributed by atoms with Gasteiger partial charge in [0.05, 0.1) is 18.4 Å². The number of nitrogens with zero attached hydrogens (tertiary/aromatic N) is 1. The van der Waals surface area contributed by atoms with Gasteiger partial charge < -0.3 is 14.6 Å². The van der Waals surface area contributed by atoms with Crippen LogP contribution in [-0.2, 0) is 20.9 Å². The van der Waals surface area contributed by atoms with Crippen molar-refractivity contribution in [1.29, 1.82) is 0 Å². The molecule has 4 amide bonds. The molecule has 1 aliphatic heterocycles. The van der Waals surface area contributed by atoms with Crippen LogP contribution in [0.15, 0.2) is 78.4 Å². The predicted molar refractivity (Wildman–Crippen MR) is 131 cm³/mol. The van der Waals surface area contributed by atoms with Crippen LogP contribution in [0.3, 0.4) is 0 Å². The normalized spacial score (nSPS) is 14.4. The molecule has 0 aliphatic carbocycles. The van der Waals surface area contributed by atoms with Crippen LogP contribution < -0.4 is 15.0 Å². The zero-order chi connectivity index (χ0) is 26.5. The second-order valence-corrected chi connectivity index (χ2v) is 7.83. The molecule has 10 heteroatoms. The largest absolute Gasteiger partial charge is 0.488 e. The maximum absolute atomic E-state index is 13.1. The van der Waals surface area contributed by atoms with E-state index in [1.54, 1.807) is 0 Å². The monoisotopic (exact) mass is 500 g/mol. The van der Waals surface area contributed by atoms with Crippen molar-refractivity contribution in [2.75, 3.05) is 12.0 Å². The third-order valence-corrected chi connectivity index (χ3v) is 5.43. The van der Waals surface area contributed by atoms with Crippen LogP contribution in [-0.4, -0.2) is 42.0 Å². The molecule has 1 saturated heterocycles. The number of carboxylic acids is 1. The molecular formula is C27H20N2O8. The minimum Gasteiger partial charge on any atom is -0.488 e. The number of hydrogen-bond donors (Lipinski definition) is 2. The third-order valence-electron chi connectivity index (χ3n) is 5.43.